The molecule has 3 rings (SSSR count). The van der Waals surface area contributed by atoms with Crippen molar-refractivity contribution >= 4 is 22.6 Å². The third kappa shape index (κ3) is 3.01. The van der Waals surface area contributed by atoms with Crippen LogP contribution in [0.4, 0.5) is 0 Å². The number of amides is 1. The number of nitrogens with one attached hydrogen (secondary N) is 1. The number of carbonyl (C=O) groups excluding carboxylic acids is 2. The number of rotatable bonds is 4. The Labute approximate surface area is 134 Å². The van der Waals surface area contributed by atoms with Crippen molar-refractivity contribution in [2.45, 2.75) is 13.5 Å². The first-order chi connectivity index (χ1) is 11.1. The van der Waals surface area contributed by atoms with Gasteiger partial charge in [0.15, 0.2) is 0 Å². The number of hydrogen-bond donors (Lipinski definition) is 1. The molecular weight excluding hydrogens is 288 g/mol. The number of aromatic nitrogens is 1. The van der Waals surface area contributed by atoms with E-state index in [9.17, 15) is 9.59 Å². The van der Waals surface area contributed by atoms with Crippen LogP contribution in [0.5, 0.6) is 0 Å². The van der Waals surface area contributed by atoms with Crippen LogP contribution in [-0.4, -0.2) is 16.3 Å². The van der Waals surface area contributed by atoms with Gasteiger partial charge in [-0.05, 0) is 18.6 Å². The lowest BCUT2D eigenvalue weighted by Crippen LogP contribution is -2.30. The van der Waals surface area contributed by atoms with E-state index in [0.717, 1.165) is 22.0 Å². The maximum absolute atomic E-state index is 12.4. The van der Waals surface area contributed by atoms with Crippen molar-refractivity contribution in [3.05, 3.63) is 71.4 Å². The first-order valence-electron chi connectivity index (χ1n) is 7.48. The van der Waals surface area contributed by atoms with E-state index >= 15 is 0 Å². The topological polar surface area (TPSA) is 51.1 Å². The second-order valence-corrected chi connectivity index (χ2v) is 5.67. The van der Waals surface area contributed by atoms with Crippen molar-refractivity contribution in [1.29, 1.82) is 0 Å². The van der Waals surface area contributed by atoms with Gasteiger partial charge in [0.1, 0.15) is 0 Å². The molecule has 0 bridgehead atoms. The van der Waals surface area contributed by atoms with Crippen LogP contribution in [0.25, 0.3) is 10.9 Å². The van der Waals surface area contributed by atoms with Gasteiger partial charge in [0, 0.05) is 30.7 Å². The fraction of sp³-hybridized carbons (Fsp3) is 0.158. The van der Waals surface area contributed by atoms with Crippen molar-refractivity contribution in [2.75, 3.05) is 0 Å². The molecule has 0 atom stereocenters. The van der Waals surface area contributed by atoms with E-state index in [1.807, 2.05) is 67.1 Å². The van der Waals surface area contributed by atoms with Gasteiger partial charge in [-0.3, -0.25) is 9.59 Å². The lowest BCUT2D eigenvalue weighted by Gasteiger charge is -2.05. The van der Waals surface area contributed by atoms with Crippen LogP contribution in [0.3, 0.4) is 0 Å². The monoisotopic (exact) mass is 306 g/mol. The number of benzene rings is 2. The van der Waals surface area contributed by atoms with E-state index < -0.39 is 11.7 Å². The zero-order valence-electron chi connectivity index (χ0n) is 13.2. The van der Waals surface area contributed by atoms with Crippen LogP contribution in [0.15, 0.2) is 54.7 Å². The van der Waals surface area contributed by atoms with E-state index in [1.54, 1.807) is 6.20 Å². The van der Waals surface area contributed by atoms with Crippen molar-refractivity contribution in [1.82, 2.24) is 9.88 Å². The number of carbonyl (C=O) groups is 2. The Morgan fingerprint density at radius 1 is 1.09 bits per heavy atom. The molecule has 116 valence electrons. The zero-order chi connectivity index (χ0) is 16.4. The lowest BCUT2D eigenvalue weighted by molar-refractivity contribution is -0.117. The Kier molecular flexibility index (Phi) is 3.98. The molecule has 1 amide bonds. The zero-order valence-corrected chi connectivity index (χ0v) is 13.2. The highest BCUT2D eigenvalue weighted by atomic mass is 16.2. The Balaban J connectivity index is 1.78. The van der Waals surface area contributed by atoms with Crippen LogP contribution in [-0.2, 0) is 18.4 Å². The summed E-state index contributed by atoms with van der Waals surface area (Å²) in [5.41, 5.74) is 3.47. The minimum absolute atomic E-state index is 0.344. The average Bonchev–Trinajstić information content (AvgIpc) is 2.89. The minimum Gasteiger partial charge on any atom is -0.350 e. The number of fused-ring (bicyclic) bond motifs is 1. The lowest BCUT2D eigenvalue weighted by atomic mass is 10.1. The smallest absolute Gasteiger partial charge is 0.292 e. The first-order valence-corrected chi connectivity index (χ1v) is 7.48. The molecule has 0 saturated carbocycles. The summed E-state index contributed by atoms with van der Waals surface area (Å²) in [5.74, 6) is -1.09. The SMILES string of the molecule is Cc1cccc(CNC(=O)C(=O)c2cn(C)c3ccccc23)c1. The first kappa shape index (κ1) is 15.0. The molecule has 0 spiro atoms. The molecule has 4 heteroatoms. The van der Waals surface area contributed by atoms with Gasteiger partial charge >= 0.3 is 0 Å². The Morgan fingerprint density at radius 2 is 1.87 bits per heavy atom. The summed E-state index contributed by atoms with van der Waals surface area (Å²) >= 11 is 0. The Bertz CT molecular complexity index is 893. The molecule has 1 aromatic heterocycles. The van der Waals surface area contributed by atoms with Crippen molar-refractivity contribution in [3.63, 3.8) is 0 Å². The number of para-hydroxylation sites is 1. The van der Waals surface area contributed by atoms with Crippen LogP contribution in [0, 0.1) is 6.92 Å². The van der Waals surface area contributed by atoms with Crippen molar-refractivity contribution in [2.24, 2.45) is 7.05 Å². The summed E-state index contributed by atoms with van der Waals surface area (Å²) < 4.78 is 1.86. The van der Waals surface area contributed by atoms with Gasteiger partial charge in [0.25, 0.3) is 11.7 Å². The van der Waals surface area contributed by atoms with Gasteiger partial charge in [0.05, 0.1) is 5.56 Å². The van der Waals surface area contributed by atoms with Gasteiger partial charge < -0.3 is 9.88 Å². The van der Waals surface area contributed by atoms with Gasteiger partial charge in [-0.1, -0.05) is 48.0 Å². The summed E-state index contributed by atoms with van der Waals surface area (Å²) in [5, 5.41) is 3.50. The third-order valence-corrected chi connectivity index (χ3v) is 3.88. The molecule has 2 aromatic carbocycles. The summed E-state index contributed by atoms with van der Waals surface area (Å²) in [6.07, 6.45) is 1.71. The van der Waals surface area contributed by atoms with Gasteiger partial charge in [-0.2, -0.15) is 0 Å². The normalized spacial score (nSPS) is 10.7. The largest absolute Gasteiger partial charge is 0.350 e. The van der Waals surface area contributed by atoms with Crippen molar-refractivity contribution in [3.8, 4) is 0 Å². The number of Topliss-reactive ketones (excluding diaryl/α,β-unsaturated/α-hetero) is 1. The minimum atomic E-state index is -0.581. The maximum Gasteiger partial charge on any atom is 0.292 e. The average molecular weight is 306 g/mol. The molecule has 0 saturated heterocycles. The molecular formula is C19H18N2O2. The molecule has 23 heavy (non-hydrogen) atoms. The van der Waals surface area contributed by atoms with Gasteiger partial charge in [0.2, 0.25) is 0 Å². The predicted molar refractivity (Wildman–Crippen MR) is 90.3 cm³/mol. The maximum atomic E-state index is 12.4. The fourth-order valence-electron chi connectivity index (χ4n) is 2.73. The highest BCUT2D eigenvalue weighted by Crippen LogP contribution is 2.20. The quantitative estimate of drug-likeness (QED) is 0.595. The second kappa shape index (κ2) is 6.08. The molecule has 1 heterocycles. The fourth-order valence-corrected chi connectivity index (χ4v) is 2.73. The number of aryl methyl sites for hydroxylation is 2. The molecule has 0 aliphatic carbocycles. The number of ketones is 1. The van der Waals surface area contributed by atoms with E-state index in [4.69, 9.17) is 0 Å². The Morgan fingerprint density at radius 3 is 2.65 bits per heavy atom. The third-order valence-electron chi connectivity index (χ3n) is 3.88. The summed E-state index contributed by atoms with van der Waals surface area (Å²) in [6, 6.07) is 15.4. The molecule has 1 N–H and O–H groups in total. The summed E-state index contributed by atoms with van der Waals surface area (Å²) in [7, 11) is 1.86. The molecule has 4 nitrogen and oxygen atoms in total. The van der Waals surface area contributed by atoms with Crippen LogP contribution >= 0.6 is 0 Å². The predicted octanol–water partition coefficient (Wildman–Crippen LogP) is 2.99. The number of nitrogens with zero attached hydrogens (tertiary/aromatic N) is 1. The summed E-state index contributed by atoms with van der Waals surface area (Å²) in [4.78, 5) is 24.6. The van der Waals surface area contributed by atoms with E-state index in [2.05, 4.69) is 5.32 Å². The molecule has 3 aromatic rings. The van der Waals surface area contributed by atoms with E-state index in [0.29, 0.717) is 12.1 Å². The molecule has 0 radical (unpaired) electrons. The van der Waals surface area contributed by atoms with Crippen LogP contribution in [0.2, 0.25) is 0 Å². The molecule has 0 aliphatic heterocycles. The van der Waals surface area contributed by atoms with E-state index in [1.165, 1.54) is 0 Å². The molecule has 0 aliphatic rings. The van der Waals surface area contributed by atoms with Crippen LogP contribution in [0.1, 0.15) is 21.5 Å². The summed E-state index contributed by atoms with van der Waals surface area (Å²) in [6.45, 7) is 2.34. The second-order valence-electron chi connectivity index (χ2n) is 5.67. The number of hydrogen-bond acceptors (Lipinski definition) is 2. The standard InChI is InChI=1S/C19H18N2O2/c1-13-6-5-7-14(10-13)11-20-19(23)18(22)16-12-21(2)17-9-4-3-8-15(16)17/h3-10,12H,11H2,1-2H3,(H,20,23). The van der Waals surface area contributed by atoms with E-state index in [-0.39, 0.29) is 0 Å². The molecule has 0 unspecified atom stereocenters. The molecule has 0 fully saturated rings. The Hall–Kier alpha value is -2.88. The van der Waals surface area contributed by atoms with Crippen molar-refractivity contribution < 1.29 is 9.59 Å². The highest BCUT2D eigenvalue weighted by Gasteiger charge is 2.20. The van der Waals surface area contributed by atoms with Crippen LogP contribution < -0.4 is 5.32 Å². The van der Waals surface area contributed by atoms with Gasteiger partial charge in [-0.25, -0.2) is 0 Å². The van der Waals surface area contributed by atoms with Gasteiger partial charge in [-0.15, -0.1) is 0 Å². The highest BCUT2D eigenvalue weighted by molar-refractivity contribution is 6.44.